The van der Waals surface area contributed by atoms with Gasteiger partial charge in [0.25, 0.3) is 5.95 Å². The zero-order valence-corrected chi connectivity index (χ0v) is 15.9. The molecule has 0 saturated heterocycles. The molecule has 0 amide bonds. The zero-order chi connectivity index (χ0) is 18.8. The minimum absolute atomic E-state index is 0.483. The van der Waals surface area contributed by atoms with Gasteiger partial charge in [-0.05, 0) is 30.7 Å². The van der Waals surface area contributed by atoms with E-state index in [1.807, 2.05) is 18.2 Å². The van der Waals surface area contributed by atoms with Crippen molar-refractivity contribution >= 4 is 27.4 Å². The van der Waals surface area contributed by atoms with Crippen molar-refractivity contribution in [2.24, 2.45) is 0 Å². The minimum Gasteiger partial charge on any atom is -0.493 e. The lowest BCUT2D eigenvalue weighted by Gasteiger charge is -2.11. The topological polar surface area (TPSA) is 87.0 Å². The smallest absolute Gasteiger partial charge is 0.255 e. The van der Waals surface area contributed by atoms with E-state index in [0.717, 1.165) is 21.6 Å². The van der Waals surface area contributed by atoms with Crippen molar-refractivity contribution in [1.29, 1.82) is 0 Å². The highest BCUT2D eigenvalue weighted by Gasteiger charge is 2.13. The summed E-state index contributed by atoms with van der Waals surface area (Å²) in [6.07, 6.45) is 3.05. The van der Waals surface area contributed by atoms with E-state index in [0.29, 0.717) is 24.0 Å². The molecular formula is C18H18N6O2S. The largest absolute Gasteiger partial charge is 0.493 e. The van der Waals surface area contributed by atoms with Gasteiger partial charge >= 0.3 is 0 Å². The highest BCUT2D eigenvalue weighted by Crippen LogP contribution is 2.31. The van der Waals surface area contributed by atoms with Crippen LogP contribution in [-0.2, 0) is 6.54 Å². The van der Waals surface area contributed by atoms with Crippen molar-refractivity contribution < 1.29 is 9.47 Å². The number of aryl methyl sites for hydroxylation is 1. The van der Waals surface area contributed by atoms with Gasteiger partial charge in [-0.3, -0.25) is 0 Å². The zero-order valence-electron chi connectivity index (χ0n) is 15.1. The van der Waals surface area contributed by atoms with E-state index >= 15 is 0 Å². The van der Waals surface area contributed by atoms with E-state index < -0.39 is 0 Å². The number of nitrogens with zero attached hydrogens (tertiary/aromatic N) is 5. The van der Waals surface area contributed by atoms with Gasteiger partial charge in [0.15, 0.2) is 11.5 Å². The van der Waals surface area contributed by atoms with Crippen LogP contribution in [0.3, 0.4) is 0 Å². The van der Waals surface area contributed by atoms with Crippen molar-refractivity contribution in [3.05, 3.63) is 47.4 Å². The Bertz CT molecular complexity index is 1080. The molecule has 1 N–H and O–H groups in total. The van der Waals surface area contributed by atoms with Gasteiger partial charge in [0.1, 0.15) is 23.3 Å². The van der Waals surface area contributed by atoms with Gasteiger partial charge in [0.2, 0.25) is 0 Å². The van der Waals surface area contributed by atoms with Crippen molar-refractivity contribution in [3.63, 3.8) is 0 Å². The molecule has 0 radical (unpaired) electrons. The van der Waals surface area contributed by atoms with Crippen LogP contribution in [0.25, 0.3) is 16.2 Å². The molecule has 1 aromatic carbocycles. The monoisotopic (exact) mass is 382 g/mol. The Balaban J connectivity index is 1.67. The van der Waals surface area contributed by atoms with Crippen LogP contribution < -0.4 is 14.8 Å². The number of ether oxygens (including phenoxy) is 2. The standard InChI is InChI=1S/C18H18N6O2S/c1-11-6-13-16(20-8-12-4-5-14(25-2)15(7-12)26-3)22-18(23-17(13)27-11)24-10-19-9-21-24/h4-7,9-10H,8H2,1-3H3,(H,20,22,23). The third-order valence-corrected chi connectivity index (χ3v) is 4.98. The molecule has 3 heterocycles. The molecule has 3 aromatic heterocycles. The first-order chi connectivity index (χ1) is 13.2. The van der Waals surface area contributed by atoms with Crippen LogP contribution in [0.4, 0.5) is 5.82 Å². The fraction of sp³-hybridized carbons (Fsp3) is 0.222. The Labute approximate surface area is 159 Å². The Hall–Kier alpha value is -3.20. The normalized spacial score (nSPS) is 10.9. The number of aromatic nitrogens is 5. The van der Waals surface area contributed by atoms with Gasteiger partial charge < -0.3 is 14.8 Å². The molecule has 138 valence electrons. The van der Waals surface area contributed by atoms with Gasteiger partial charge in [-0.1, -0.05) is 6.07 Å². The van der Waals surface area contributed by atoms with E-state index in [1.165, 1.54) is 11.2 Å². The summed E-state index contributed by atoms with van der Waals surface area (Å²) in [6, 6.07) is 7.91. The number of methoxy groups -OCH3 is 2. The summed E-state index contributed by atoms with van der Waals surface area (Å²) in [7, 11) is 3.25. The molecule has 9 heteroatoms. The maximum Gasteiger partial charge on any atom is 0.255 e. The Kier molecular flexibility index (Phi) is 4.59. The average molecular weight is 382 g/mol. The summed E-state index contributed by atoms with van der Waals surface area (Å²) in [6.45, 7) is 2.64. The lowest BCUT2D eigenvalue weighted by molar-refractivity contribution is 0.354. The lowest BCUT2D eigenvalue weighted by atomic mass is 10.2. The molecule has 0 saturated carbocycles. The van der Waals surface area contributed by atoms with Crippen molar-refractivity contribution in [3.8, 4) is 17.4 Å². The van der Waals surface area contributed by atoms with E-state index in [4.69, 9.17) is 9.47 Å². The molecule has 0 fully saturated rings. The van der Waals surface area contributed by atoms with Gasteiger partial charge in [-0.2, -0.15) is 19.7 Å². The summed E-state index contributed by atoms with van der Waals surface area (Å²) in [4.78, 5) is 15.3. The van der Waals surface area contributed by atoms with Crippen LogP contribution in [0.1, 0.15) is 10.4 Å². The first-order valence-electron chi connectivity index (χ1n) is 8.26. The molecule has 8 nitrogen and oxygen atoms in total. The molecule has 0 bridgehead atoms. The molecule has 0 spiro atoms. The van der Waals surface area contributed by atoms with Crippen LogP contribution in [0.2, 0.25) is 0 Å². The van der Waals surface area contributed by atoms with Crippen molar-refractivity contribution in [2.75, 3.05) is 19.5 Å². The predicted octanol–water partition coefficient (Wildman–Crippen LogP) is 3.21. The van der Waals surface area contributed by atoms with Crippen LogP contribution in [0.5, 0.6) is 11.5 Å². The van der Waals surface area contributed by atoms with Gasteiger partial charge in [-0.15, -0.1) is 11.3 Å². The highest BCUT2D eigenvalue weighted by molar-refractivity contribution is 7.18. The fourth-order valence-corrected chi connectivity index (χ4v) is 3.63. The van der Waals surface area contributed by atoms with E-state index in [9.17, 15) is 0 Å². The first-order valence-corrected chi connectivity index (χ1v) is 9.07. The Morgan fingerprint density at radius 1 is 1.11 bits per heavy atom. The SMILES string of the molecule is COc1ccc(CNc2nc(-n3cncn3)nc3sc(C)cc23)cc1OC. The molecule has 0 aliphatic carbocycles. The second-order valence-electron chi connectivity index (χ2n) is 5.83. The molecule has 0 aliphatic rings. The molecular weight excluding hydrogens is 364 g/mol. The van der Waals surface area contributed by atoms with Gasteiger partial charge in [0.05, 0.1) is 19.6 Å². The Morgan fingerprint density at radius 2 is 1.96 bits per heavy atom. The quantitative estimate of drug-likeness (QED) is 0.548. The third-order valence-electron chi connectivity index (χ3n) is 4.04. The number of nitrogens with one attached hydrogen (secondary N) is 1. The van der Waals surface area contributed by atoms with Gasteiger partial charge in [-0.25, -0.2) is 4.98 Å². The Morgan fingerprint density at radius 3 is 2.70 bits per heavy atom. The number of anilines is 1. The summed E-state index contributed by atoms with van der Waals surface area (Å²) in [5.74, 6) is 2.63. The number of fused-ring (bicyclic) bond motifs is 1. The number of rotatable bonds is 6. The summed E-state index contributed by atoms with van der Waals surface area (Å²) >= 11 is 1.62. The molecule has 27 heavy (non-hydrogen) atoms. The molecule has 4 rings (SSSR count). The second kappa shape index (κ2) is 7.20. The van der Waals surface area contributed by atoms with Crippen LogP contribution in [0, 0.1) is 6.92 Å². The third kappa shape index (κ3) is 3.41. The summed E-state index contributed by atoms with van der Waals surface area (Å²) < 4.78 is 12.2. The highest BCUT2D eigenvalue weighted by atomic mass is 32.1. The van der Waals surface area contributed by atoms with E-state index in [2.05, 4.69) is 38.4 Å². The van der Waals surface area contributed by atoms with Crippen LogP contribution in [-0.4, -0.2) is 39.0 Å². The number of benzene rings is 1. The molecule has 0 atom stereocenters. The molecule has 4 aromatic rings. The predicted molar refractivity (Wildman–Crippen MR) is 104 cm³/mol. The van der Waals surface area contributed by atoms with Crippen molar-refractivity contribution in [1.82, 2.24) is 24.7 Å². The number of thiophene rings is 1. The van der Waals surface area contributed by atoms with Crippen LogP contribution in [0.15, 0.2) is 36.9 Å². The number of hydrogen-bond acceptors (Lipinski definition) is 8. The van der Waals surface area contributed by atoms with Crippen molar-refractivity contribution in [2.45, 2.75) is 13.5 Å². The molecule has 0 unspecified atom stereocenters. The summed E-state index contributed by atoms with van der Waals surface area (Å²) in [5.41, 5.74) is 1.05. The van der Waals surface area contributed by atoms with Gasteiger partial charge in [0, 0.05) is 11.4 Å². The average Bonchev–Trinajstić information content (AvgIpc) is 3.34. The first kappa shape index (κ1) is 17.2. The van der Waals surface area contributed by atoms with Crippen LogP contribution >= 0.6 is 11.3 Å². The fourth-order valence-electron chi connectivity index (χ4n) is 2.76. The lowest BCUT2D eigenvalue weighted by Crippen LogP contribution is -2.07. The maximum atomic E-state index is 5.38. The minimum atomic E-state index is 0.483. The van der Waals surface area contributed by atoms with E-state index in [1.54, 1.807) is 36.6 Å². The number of hydrogen-bond donors (Lipinski definition) is 1. The molecule has 0 aliphatic heterocycles. The van der Waals surface area contributed by atoms with E-state index in [-0.39, 0.29) is 0 Å². The second-order valence-corrected chi connectivity index (χ2v) is 7.07. The summed E-state index contributed by atoms with van der Waals surface area (Å²) in [5, 5.41) is 8.52. The maximum absolute atomic E-state index is 5.38.